The highest BCUT2D eigenvalue weighted by Crippen LogP contribution is 2.45. The fourth-order valence-electron chi connectivity index (χ4n) is 4.42. The molecule has 2 aromatic heterocycles. The second-order valence-corrected chi connectivity index (χ2v) is 8.87. The summed E-state index contributed by atoms with van der Waals surface area (Å²) < 4.78 is 7.61. The number of amides is 1. The van der Waals surface area contributed by atoms with Crippen molar-refractivity contribution in [3.05, 3.63) is 64.6 Å². The van der Waals surface area contributed by atoms with Gasteiger partial charge in [0, 0.05) is 18.0 Å². The van der Waals surface area contributed by atoms with Crippen molar-refractivity contribution < 1.29 is 9.53 Å². The van der Waals surface area contributed by atoms with Crippen LogP contribution in [0.5, 0.6) is 5.75 Å². The molecule has 0 bridgehead atoms. The molecule has 1 aliphatic heterocycles. The molecule has 2 fully saturated rings. The quantitative estimate of drug-likeness (QED) is 0.622. The molecule has 3 aromatic rings. The third-order valence-corrected chi connectivity index (χ3v) is 7.14. The Morgan fingerprint density at radius 2 is 1.93 bits per heavy atom. The number of hydrogen-bond donors (Lipinski definition) is 0. The number of nitrogens with zero attached hydrogens (tertiary/aromatic N) is 4. The topological polar surface area (TPSA) is 60.2 Å². The number of carbonyl (C=O) groups excluding carboxylic acids is 1. The first-order valence-corrected chi connectivity index (χ1v) is 11.0. The Bertz CT molecular complexity index is 958. The molecular weight excluding hydrogens is 384 g/mol. The zero-order chi connectivity index (χ0) is 19.7. The van der Waals surface area contributed by atoms with Crippen LogP contribution in [0.15, 0.2) is 54.0 Å². The first-order chi connectivity index (χ1) is 14.2. The van der Waals surface area contributed by atoms with Crippen LogP contribution >= 0.6 is 11.3 Å². The van der Waals surface area contributed by atoms with E-state index in [9.17, 15) is 4.79 Å². The number of aromatic nitrogens is 3. The van der Waals surface area contributed by atoms with Crippen LogP contribution in [0.1, 0.15) is 42.3 Å². The fraction of sp³-hybridized carbons (Fsp3) is 0.409. The third-order valence-electron chi connectivity index (χ3n) is 6.07. The number of rotatable bonds is 6. The highest BCUT2D eigenvalue weighted by atomic mass is 32.1. The number of likely N-dealkylation sites (tertiary alicyclic amines) is 1. The van der Waals surface area contributed by atoms with Crippen LogP contribution in [-0.4, -0.2) is 38.9 Å². The Kier molecular flexibility index (Phi) is 4.83. The van der Waals surface area contributed by atoms with Crippen LogP contribution in [0, 0.1) is 0 Å². The molecule has 1 amide bonds. The number of ether oxygens (including phenoxy) is 1. The van der Waals surface area contributed by atoms with E-state index in [1.165, 1.54) is 4.88 Å². The van der Waals surface area contributed by atoms with Gasteiger partial charge in [0.25, 0.3) is 0 Å². The van der Waals surface area contributed by atoms with Crippen LogP contribution < -0.4 is 4.74 Å². The maximum absolute atomic E-state index is 13.4. The van der Waals surface area contributed by atoms with Gasteiger partial charge in [0.05, 0.1) is 17.7 Å². The summed E-state index contributed by atoms with van der Waals surface area (Å²) in [6.07, 6.45) is 6.14. The molecule has 29 heavy (non-hydrogen) atoms. The van der Waals surface area contributed by atoms with Gasteiger partial charge in [0.1, 0.15) is 18.1 Å². The van der Waals surface area contributed by atoms with Gasteiger partial charge in [-0.2, -0.15) is 0 Å². The summed E-state index contributed by atoms with van der Waals surface area (Å²) in [6.45, 7) is 1.80. The molecule has 0 radical (unpaired) electrons. The van der Waals surface area contributed by atoms with E-state index >= 15 is 0 Å². The molecule has 3 heterocycles. The monoisotopic (exact) mass is 408 g/mol. The SMILES string of the molecule is O=C(N1CC(n2cc(COc3ccccc3)nn2)C1)C1(c2cccs2)CCCC1. The lowest BCUT2D eigenvalue weighted by molar-refractivity contribution is -0.143. The largest absolute Gasteiger partial charge is 0.487 e. The van der Waals surface area contributed by atoms with E-state index in [1.54, 1.807) is 11.3 Å². The fourth-order valence-corrected chi connectivity index (χ4v) is 5.40. The Labute approximate surface area is 174 Å². The molecule has 0 spiro atoms. The van der Waals surface area contributed by atoms with Crippen LogP contribution in [0.4, 0.5) is 0 Å². The van der Waals surface area contributed by atoms with Crippen molar-refractivity contribution in [2.45, 2.75) is 43.7 Å². The van der Waals surface area contributed by atoms with Crippen molar-refractivity contribution in [2.75, 3.05) is 13.1 Å². The van der Waals surface area contributed by atoms with Gasteiger partial charge >= 0.3 is 0 Å². The van der Waals surface area contributed by atoms with Gasteiger partial charge < -0.3 is 9.64 Å². The van der Waals surface area contributed by atoms with Gasteiger partial charge in [-0.25, -0.2) is 4.68 Å². The van der Waals surface area contributed by atoms with E-state index in [0.29, 0.717) is 25.6 Å². The minimum atomic E-state index is -0.295. The van der Waals surface area contributed by atoms with Gasteiger partial charge in [-0.15, -0.1) is 16.4 Å². The van der Waals surface area contributed by atoms with E-state index < -0.39 is 0 Å². The minimum Gasteiger partial charge on any atom is -0.487 e. The van der Waals surface area contributed by atoms with Crippen LogP contribution in [0.25, 0.3) is 0 Å². The molecule has 5 rings (SSSR count). The smallest absolute Gasteiger partial charge is 0.234 e. The van der Waals surface area contributed by atoms with Gasteiger partial charge in [-0.3, -0.25) is 4.79 Å². The molecule has 1 saturated carbocycles. The molecule has 1 saturated heterocycles. The lowest BCUT2D eigenvalue weighted by Crippen LogP contribution is -2.56. The maximum Gasteiger partial charge on any atom is 0.234 e. The summed E-state index contributed by atoms with van der Waals surface area (Å²) in [6, 6.07) is 14.1. The standard InChI is InChI=1S/C22H24N4O2S/c27-21(22(10-4-5-11-22)20-9-6-12-29-20)25-14-18(15-25)26-13-17(23-24-26)16-28-19-7-2-1-3-8-19/h1-3,6-9,12-13,18H,4-5,10-11,14-16H2. The van der Waals surface area contributed by atoms with E-state index in [2.05, 4.69) is 27.8 Å². The average Bonchev–Trinajstić information content (AvgIpc) is 3.47. The summed E-state index contributed by atoms with van der Waals surface area (Å²) in [5.41, 5.74) is 0.500. The van der Waals surface area contributed by atoms with E-state index in [1.807, 2.05) is 46.1 Å². The second-order valence-electron chi connectivity index (χ2n) is 7.92. The third kappa shape index (κ3) is 3.44. The van der Waals surface area contributed by atoms with Crippen molar-refractivity contribution in [2.24, 2.45) is 0 Å². The van der Waals surface area contributed by atoms with Gasteiger partial charge in [-0.1, -0.05) is 42.3 Å². The number of thiophene rings is 1. The van der Waals surface area contributed by atoms with Crippen molar-refractivity contribution >= 4 is 17.2 Å². The normalized spacial score (nSPS) is 18.6. The van der Waals surface area contributed by atoms with Crippen molar-refractivity contribution in [3.63, 3.8) is 0 Å². The van der Waals surface area contributed by atoms with Crippen molar-refractivity contribution in [1.29, 1.82) is 0 Å². The van der Waals surface area contributed by atoms with E-state index in [4.69, 9.17) is 4.74 Å². The van der Waals surface area contributed by atoms with Crippen molar-refractivity contribution in [1.82, 2.24) is 19.9 Å². The minimum absolute atomic E-state index is 0.193. The molecule has 7 heteroatoms. The Balaban J connectivity index is 1.20. The van der Waals surface area contributed by atoms with E-state index in [0.717, 1.165) is 37.1 Å². The Hall–Kier alpha value is -2.67. The van der Waals surface area contributed by atoms with Crippen molar-refractivity contribution in [3.8, 4) is 5.75 Å². The predicted octanol–water partition coefficient (Wildman–Crippen LogP) is 3.81. The molecule has 6 nitrogen and oxygen atoms in total. The van der Waals surface area contributed by atoms with Gasteiger partial charge in [0.15, 0.2) is 0 Å². The summed E-state index contributed by atoms with van der Waals surface area (Å²) >= 11 is 1.71. The Morgan fingerprint density at radius 3 is 2.66 bits per heavy atom. The highest BCUT2D eigenvalue weighted by Gasteiger charge is 2.48. The summed E-state index contributed by atoms with van der Waals surface area (Å²) in [4.78, 5) is 16.6. The Morgan fingerprint density at radius 1 is 1.14 bits per heavy atom. The molecule has 2 aliphatic rings. The highest BCUT2D eigenvalue weighted by molar-refractivity contribution is 7.10. The second kappa shape index (κ2) is 7.63. The number of hydrogen-bond acceptors (Lipinski definition) is 5. The molecular formula is C22H24N4O2S. The van der Waals surface area contributed by atoms with E-state index in [-0.39, 0.29) is 11.5 Å². The molecule has 0 unspecified atom stereocenters. The maximum atomic E-state index is 13.4. The molecule has 1 aliphatic carbocycles. The van der Waals surface area contributed by atoms with Crippen LogP contribution in [0.2, 0.25) is 0 Å². The zero-order valence-electron chi connectivity index (χ0n) is 16.2. The summed E-state index contributed by atoms with van der Waals surface area (Å²) in [5, 5.41) is 10.6. The molecule has 0 atom stereocenters. The molecule has 1 aromatic carbocycles. The van der Waals surface area contributed by atoms with Gasteiger partial charge in [-0.05, 0) is 36.4 Å². The summed E-state index contributed by atoms with van der Waals surface area (Å²) in [7, 11) is 0. The van der Waals surface area contributed by atoms with Crippen LogP contribution in [0.3, 0.4) is 0 Å². The first kappa shape index (κ1) is 18.4. The number of para-hydroxylation sites is 1. The average molecular weight is 409 g/mol. The zero-order valence-corrected chi connectivity index (χ0v) is 17.1. The van der Waals surface area contributed by atoms with Crippen LogP contribution in [-0.2, 0) is 16.8 Å². The molecule has 0 N–H and O–H groups in total. The lowest BCUT2D eigenvalue weighted by atomic mass is 9.81. The predicted molar refractivity (Wildman–Crippen MR) is 111 cm³/mol. The molecule has 150 valence electrons. The summed E-state index contributed by atoms with van der Waals surface area (Å²) in [5.74, 6) is 1.11. The number of benzene rings is 1. The number of carbonyl (C=O) groups is 1. The first-order valence-electron chi connectivity index (χ1n) is 10.2. The van der Waals surface area contributed by atoms with Gasteiger partial charge in [0.2, 0.25) is 5.91 Å². The lowest BCUT2D eigenvalue weighted by Gasteiger charge is -2.43.